The maximum Gasteiger partial charge on any atom is 0.244 e. The highest BCUT2D eigenvalue weighted by Crippen LogP contribution is 2.21. The summed E-state index contributed by atoms with van der Waals surface area (Å²) < 4.78 is 5.22. The van der Waals surface area contributed by atoms with Crippen LogP contribution in [-0.4, -0.2) is 29.6 Å². The van der Waals surface area contributed by atoms with Gasteiger partial charge in [0.1, 0.15) is 5.54 Å². The van der Waals surface area contributed by atoms with Gasteiger partial charge in [0.25, 0.3) is 0 Å². The summed E-state index contributed by atoms with van der Waals surface area (Å²) in [7, 11) is 0. The second-order valence-electron chi connectivity index (χ2n) is 4.41. The quantitative estimate of drug-likeness (QED) is 0.796. The van der Waals surface area contributed by atoms with E-state index in [4.69, 9.17) is 10.5 Å². The number of carbonyl (C=O) groups excluding carboxylic acids is 1. The number of anilines is 1. The van der Waals surface area contributed by atoms with E-state index >= 15 is 0 Å². The van der Waals surface area contributed by atoms with Crippen molar-refractivity contribution in [3.8, 4) is 0 Å². The first-order valence-electron chi connectivity index (χ1n) is 5.70. The van der Waals surface area contributed by atoms with Crippen molar-refractivity contribution in [3.05, 3.63) is 24.0 Å². The minimum Gasteiger partial charge on any atom is -0.381 e. The number of nitrogens with zero attached hydrogens (tertiary/aromatic N) is 1. The Hall–Kier alpha value is -1.46. The van der Waals surface area contributed by atoms with Crippen molar-refractivity contribution in [1.82, 2.24) is 4.98 Å². The molecule has 92 valence electrons. The van der Waals surface area contributed by atoms with Crippen LogP contribution in [0.15, 0.2) is 18.5 Å². The zero-order chi connectivity index (χ0) is 12.3. The van der Waals surface area contributed by atoms with Gasteiger partial charge in [-0.2, -0.15) is 0 Å². The van der Waals surface area contributed by atoms with Crippen LogP contribution in [0.25, 0.3) is 0 Å². The molecule has 1 aromatic rings. The summed E-state index contributed by atoms with van der Waals surface area (Å²) in [6.07, 6.45) is 4.48. The molecule has 1 amide bonds. The minimum absolute atomic E-state index is 0.143. The highest BCUT2D eigenvalue weighted by molar-refractivity contribution is 5.98. The number of nitrogens with two attached hydrogens (primary N) is 1. The van der Waals surface area contributed by atoms with Crippen LogP contribution in [0.3, 0.4) is 0 Å². The summed E-state index contributed by atoms with van der Waals surface area (Å²) in [5.74, 6) is -0.143. The van der Waals surface area contributed by atoms with Gasteiger partial charge in [0.2, 0.25) is 5.91 Å². The topological polar surface area (TPSA) is 77.2 Å². The highest BCUT2D eigenvalue weighted by atomic mass is 16.5. The predicted molar refractivity (Wildman–Crippen MR) is 64.6 cm³/mol. The summed E-state index contributed by atoms with van der Waals surface area (Å²) in [6.45, 7) is 2.98. The number of carbonyl (C=O) groups is 1. The van der Waals surface area contributed by atoms with Crippen molar-refractivity contribution in [2.24, 2.45) is 5.73 Å². The average Bonchev–Trinajstić information content (AvgIpc) is 2.33. The highest BCUT2D eigenvalue weighted by Gasteiger charge is 2.35. The fourth-order valence-corrected chi connectivity index (χ4v) is 1.82. The molecule has 2 rings (SSSR count). The Morgan fingerprint density at radius 1 is 1.53 bits per heavy atom. The fraction of sp³-hybridized carbons (Fsp3) is 0.500. The van der Waals surface area contributed by atoms with Crippen LogP contribution in [0.1, 0.15) is 18.4 Å². The Bertz CT molecular complexity index is 414. The molecule has 0 aromatic carbocycles. The van der Waals surface area contributed by atoms with Gasteiger partial charge in [-0.05, 0) is 31.4 Å². The van der Waals surface area contributed by atoms with Crippen LogP contribution in [0.5, 0.6) is 0 Å². The molecule has 0 spiro atoms. The Labute approximate surface area is 100 Å². The molecule has 1 aromatic heterocycles. The van der Waals surface area contributed by atoms with Gasteiger partial charge in [0, 0.05) is 31.3 Å². The number of pyridine rings is 1. The molecule has 0 unspecified atom stereocenters. The summed E-state index contributed by atoms with van der Waals surface area (Å²) in [6, 6.07) is 1.77. The zero-order valence-corrected chi connectivity index (χ0v) is 9.90. The standard InChI is InChI=1S/C12H17N3O2/c1-9-8-14-5-2-10(9)15-11(16)12(13)3-6-17-7-4-12/h2,5,8H,3-4,6-7,13H2,1H3,(H,14,15,16). The lowest BCUT2D eigenvalue weighted by molar-refractivity contribution is -0.124. The molecule has 5 nitrogen and oxygen atoms in total. The van der Waals surface area contributed by atoms with E-state index in [1.165, 1.54) is 0 Å². The second kappa shape index (κ2) is 4.81. The second-order valence-corrected chi connectivity index (χ2v) is 4.41. The van der Waals surface area contributed by atoms with Crippen molar-refractivity contribution in [1.29, 1.82) is 0 Å². The number of ether oxygens (including phenoxy) is 1. The molecular formula is C12H17N3O2. The van der Waals surface area contributed by atoms with Gasteiger partial charge >= 0.3 is 0 Å². The van der Waals surface area contributed by atoms with Crippen molar-refractivity contribution in [2.75, 3.05) is 18.5 Å². The van der Waals surface area contributed by atoms with Crippen LogP contribution in [-0.2, 0) is 9.53 Å². The summed E-state index contributed by atoms with van der Waals surface area (Å²) in [5.41, 5.74) is 6.97. The number of hydrogen-bond donors (Lipinski definition) is 2. The number of rotatable bonds is 2. The van der Waals surface area contributed by atoms with E-state index in [1.807, 2.05) is 6.92 Å². The average molecular weight is 235 g/mol. The SMILES string of the molecule is Cc1cnccc1NC(=O)C1(N)CCOCC1. The molecule has 0 atom stereocenters. The van der Waals surface area contributed by atoms with Crippen LogP contribution in [0.2, 0.25) is 0 Å². The van der Waals surface area contributed by atoms with E-state index in [9.17, 15) is 4.79 Å². The van der Waals surface area contributed by atoms with Crippen molar-refractivity contribution >= 4 is 11.6 Å². The maximum atomic E-state index is 12.1. The molecule has 17 heavy (non-hydrogen) atoms. The van der Waals surface area contributed by atoms with Crippen molar-refractivity contribution in [3.63, 3.8) is 0 Å². The first kappa shape index (κ1) is 12.0. The molecule has 2 heterocycles. The largest absolute Gasteiger partial charge is 0.381 e. The Morgan fingerprint density at radius 2 is 2.24 bits per heavy atom. The molecule has 0 radical (unpaired) electrons. The molecule has 1 aliphatic heterocycles. The van der Waals surface area contributed by atoms with Crippen molar-refractivity contribution in [2.45, 2.75) is 25.3 Å². The zero-order valence-electron chi connectivity index (χ0n) is 9.90. The fourth-order valence-electron chi connectivity index (χ4n) is 1.82. The minimum atomic E-state index is -0.812. The van der Waals surface area contributed by atoms with Crippen LogP contribution < -0.4 is 11.1 Å². The molecular weight excluding hydrogens is 218 g/mol. The van der Waals surface area contributed by atoms with Crippen LogP contribution >= 0.6 is 0 Å². The van der Waals surface area contributed by atoms with E-state index in [-0.39, 0.29) is 5.91 Å². The molecule has 5 heteroatoms. The Morgan fingerprint density at radius 3 is 2.88 bits per heavy atom. The van der Waals surface area contributed by atoms with Gasteiger partial charge in [0.15, 0.2) is 0 Å². The van der Waals surface area contributed by atoms with Crippen LogP contribution in [0.4, 0.5) is 5.69 Å². The third kappa shape index (κ3) is 2.62. The van der Waals surface area contributed by atoms with E-state index in [0.29, 0.717) is 26.1 Å². The lowest BCUT2D eigenvalue weighted by Crippen LogP contribution is -2.54. The summed E-state index contributed by atoms with van der Waals surface area (Å²) in [4.78, 5) is 16.1. The summed E-state index contributed by atoms with van der Waals surface area (Å²) in [5, 5.41) is 2.86. The first-order chi connectivity index (χ1) is 8.12. The van der Waals surface area contributed by atoms with E-state index in [1.54, 1.807) is 18.5 Å². The Kier molecular flexibility index (Phi) is 3.40. The van der Waals surface area contributed by atoms with Crippen molar-refractivity contribution < 1.29 is 9.53 Å². The molecule has 0 aliphatic carbocycles. The number of nitrogens with one attached hydrogen (secondary N) is 1. The van der Waals surface area contributed by atoms with Gasteiger partial charge in [-0.1, -0.05) is 0 Å². The molecule has 1 saturated heterocycles. The van der Waals surface area contributed by atoms with Crippen LogP contribution in [0, 0.1) is 6.92 Å². The third-order valence-corrected chi connectivity index (χ3v) is 3.11. The molecule has 1 fully saturated rings. The number of aryl methyl sites for hydroxylation is 1. The Balaban J connectivity index is 2.08. The lowest BCUT2D eigenvalue weighted by Gasteiger charge is -2.31. The van der Waals surface area contributed by atoms with Gasteiger partial charge < -0.3 is 15.8 Å². The monoisotopic (exact) mass is 235 g/mol. The van der Waals surface area contributed by atoms with Gasteiger partial charge in [0.05, 0.1) is 0 Å². The molecule has 0 saturated carbocycles. The van der Waals surface area contributed by atoms with Gasteiger partial charge in [-0.15, -0.1) is 0 Å². The molecule has 3 N–H and O–H groups in total. The van der Waals surface area contributed by atoms with E-state index in [0.717, 1.165) is 11.3 Å². The number of amides is 1. The first-order valence-corrected chi connectivity index (χ1v) is 5.70. The molecule has 0 bridgehead atoms. The molecule has 1 aliphatic rings. The van der Waals surface area contributed by atoms with Gasteiger partial charge in [-0.25, -0.2) is 0 Å². The number of hydrogen-bond acceptors (Lipinski definition) is 4. The third-order valence-electron chi connectivity index (χ3n) is 3.11. The summed E-state index contributed by atoms with van der Waals surface area (Å²) >= 11 is 0. The number of aromatic nitrogens is 1. The smallest absolute Gasteiger partial charge is 0.244 e. The maximum absolute atomic E-state index is 12.1. The van der Waals surface area contributed by atoms with Gasteiger partial charge in [-0.3, -0.25) is 9.78 Å². The predicted octanol–water partition coefficient (Wildman–Crippen LogP) is 0.836. The lowest BCUT2D eigenvalue weighted by atomic mass is 9.90. The van der Waals surface area contributed by atoms with E-state index < -0.39 is 5.54 Å². The normalized spacial score (nSPS) is 18.7. The van der Waals surface area contributed by atoms with E-state index in [2.05, 4.69) is 10.3 Å².